The van der Waals surface area contributed by atoms with Gasteiger partial charge in [0.2, 0.25) is 5.91 Å². The summed E-state index contributed by atoms with van der Waals surface area (Å²) in [6.07, 6.45) is 4.15. The Labute approximate surface area is 138 Å². The van der Waals surface area contributed by atoms with Gasteiger partial charge in [0.1, 0.15) is 11.6 Å². The summed E-state index contributed by atoms with van der Waals surface area (Å²) in [5, 5.41) is 3.02. The number of nitrogens with zero attached hydrogens (tertiary/aromatic N) is 1. The molecule has 0 aromatic heterocycles. The number of anilines is 1. The van der Waals surface area contributed by atoms with E-state index in [1.165, 1.54) is 0 Å². The number of rotatable bonds is 2. The highest BCUT2D eigenvalue weighted by atomic mass is 127. The van der Waals surface area contributed by atoms with Crippen LogP contribution in [0.25, 0.3) is 0 Å². The number of amides is 2. The maximum Gasteiger partial charge on any atom is 0.253 e. The zero-order valence-corrected chi connectivity index (χ0v) is 14.2. The molecule has 1 aromatic carbocycles. The van der Waals surface area contributed by atoms with Crippen molar-refractivity contribution in [1.29, 1.82) is 0 Å². The largest absolute Gasteiger partial charge is 0.340 e. The lowest BCUT2D eigenvalue weighted by Crippen LogP contribution is -2.69. The standard InChI is InChI=1S/C16H19IN2O2/c1-2-13-14(20)18-16(8-3-4-9-16)15(21)19(13)12-7-5-6-11(17)10-12/h5-7,10,13H,2-4,8-9H2,1H3,(H,18,20). The number of nitrogens with one attached hydrogen (secondary N) is 1. The highest BCUT2D eigenvalue weighted by molar-refractivity contribution is 14.1. The van der Waals surface area contributed by atoms with E-state index < -0.39 is 11.6 Å². The van der Waals surface area contributed by atoms with Gasteiger partial charge in [-0.3, -0.25) is 14.5 Å². The van der Waals surface area contributed by atoms with Crippen molar-refractivity contribution in [2.75, 3.05) is 4.90 Å². The van der Waals surface area contributed by atoms with Crippen LogP contribution < -0.4 is 10.2 Å². The first-order chi connectivity index (χ1) is 10.1. The van der Waals surface area contributed by atoms with E-state index in [1.54, 1.807) is 4.90 Å². The second-order valence-electron chi connectivity index (χ2n) is 5.86. The molecule has 1 spiro atoms. The molecule has 2 aliphatic rings. The van der Waals surface area contributed by atoms with Crippen molar-refractivity contribution in [1.82, 2.24) is 5.32 Å². The minimum absolute atomic E-state index is 0.0159. The number of carbonyl (C=O) groups excluding carboxylic acids is 2. The Morgan fingerprint density at radius 3 is 2.67 bits per heavy atom. The van der Waals surface area contributed by atoms with E-state index in [9.17, 15) is 9.59 Å². The molecule has 5 heteroatoms. The lowest BCUT2D eigenvalue weighted by molar-refractivity contribution is -0.138. The van der Waals surface area contributed by atoms with Crippen molar-refractivity contribution in [2.24, 2.45) is 0 Å². The third-order valence-electron chi connectivity index (χ3n) is 4.54. The van der Waals surface area contributed by atoms with Crippen molar-refractivity contribution >= 4 is 40.1 Å². The molecule has 1 unspecified atom stereocenters. The molecule has 2 fully saturated rings. The highest BCUT2D eigenvalue weighted by Gasteiger charge is 2.52. The number of benzene rings is 1. The van der Waals surface area contributed by atoms with Crippen molar-refractivity contribution in [3.63, 3.8) is 0 Å². The molecule has 112 valence electrons. The van der Waals surface area contributed by atoms with Crippen molar-refractivity contribution < 1.29 is 9.59 Å². The fraction of sp³-hybridized carbons (Fsp3) is 0.500. The molecule has 1 N–H and O–H groups in total. The minimum Gasteiger partial charge on any atom is -0.340 e. The monoisotopic (exact) mass is 398 g/mol. The molecule has 1 aliphatic carbocycles. The van der Waals surface area contributed by atoms with Crippen LogP contribution in [0.4, 0.5) is 5.69 Å². The number of hydrogen-bond acceptors (Lipinski definition) is 2. The third-order valence-corrected chi connectivity index (χ3v) is 5.21. The molecule has 1 heterocycles. The van der Waals surface area contributed by atoms with Crippen LogP contribution in [0.15, 0.2) is 24.3 Å². The number of hydrogen-bond donors (Lipinski definition) is 1. The van der Waals surface area contributed by atoms with Crippen LogP contribution >= 0.6 is 22.6 Å². The third kappa shape index (κ3) is 2.45. The molecule has 1 saturated carbocycles. The van der Waals surface area contributed by atoms with Crippen LogP contribution in [0.1, 0.15) is 39.0 Å². The predicted octanol–water partition coefficient (Wildman–Crippen LogP) is 2.85. The number of halogens is 1. The quantitative estimate of drug-likeness (QED) is 0.780. The molecular formula is C16H19IN2O2. The summed E-state index contributed by atoms with van der Waals surface area (Å²) in [5.74, 6) is 0.0475. The van der Waals surface area contributed by atoms with Crippen LogP contribution in [0.5, 0.6) is 0 Å². The SMILES string of the molecule is CCC1C(=O)NC2(CCCC2)C(=O)N1c1cccc(I)c1. The van der Waals surface area contributed by atoms with E-state index in [1.807, 2.05) is 31.2 Å². The second-order valence-corrected chi connectivity index (χ2v) is 7.10. The minimum atomic E-state index is -0.663. The van der Waals surface area contributed by atoms with Crippen molar-refractivity contribution in [3.8, 4) is 0 Å². The maximum absolute atomic E-state index is 13.1. The van der Waals surface area contributed by atoms with E-state index in [0.29, 0.717) is 6.42 Å². The normalized spacial score (nSPS) is 24.5. The lowest BCUT2D eigenvalue weighted by Gasteiger charge is -2.44. The van der Waals surface area contributed by atoms with Gasteiger partial charge < -0.3 is 5.32 Å². The Balaban J connectivity index is 2.04. The van der Waals surface area contributed by atoms with Crippen LogP contribution in [0, 0.1) is 3.57 Å². The predicted molar refractivity (Wildman–Crippen MR) is 90.1 cm³/mol. The zero-order chi connectivity index (χ0) is 15.0. The highest BCUT2D eigenvalue weighted by Crippen LogP contribution is 2.37. The van der Waals surface area contributed by atoms with Gasteiger partial charge in [-0.2, -0.15) is 0 Å². The molecule has 2 amide bonds. The van der Waals surface area contributed by atoms with E-state index >= 15 is 0 Å². The molecule has 0 radical (unpaired) electrons. The Hall–Kier alpha value is -1.11. The smallest absolute Gasteiger partial charge is 0.253 e. The van der Waals surface area contributed by atoms with Gasteiger partial charge in [0, 0.05) is 9.26 Å². The molecule has 4 nitrogen and oxygen atoms in total. The molecule has 1 atom stereocenters. The van der Waals surface area contributed by atoms with Gasteiger partial charge in [0.25, 0.3) is 5.91 Å². The first kappa shape index (κ1) is 14.8. The van der Waals surface area contributed by atoms with Crippen molar-refractivity contribution in [2.45, 2.75) is 50.6 Å². The Morgan fingerprint density at radius 1 is 1.33 bits per heavy atom. The summed E-state index contributed by atoms with van der Waals surface area (Å²) in [6.45, 7) is 1.95. The summed E-state index contributed by atoms with van der Waals surface area (Å²) in [5.41, 5.74) is 0.171. The molecular weight excluding hydrogens is 379 g/mol. The van der Waals surface area contributed by atoms with E-state index in [0.717, 1.165) is 34.9 Å². The van der Waals surface area contributed by atoms with Gasteiger partial charge in [0.15, 0.2) is 0 Å². The molecule has 3 rings (SSSR count). The summed E-state index contributed by atoms with van der Waals surface area (Å²) in [6, 6.07) is 7.42. The molecule has 0 bridgehead atoms. The lowest BCUT2D eigenvalue weighted by atomic mass is 9.89. The van der Waals surface area contributed by atoms with Gasteiger partial charge in [-0.25, -0.2) is 0 Å². The van der Waals surface area contributed by atoms with E-state index in [-0.39, 0.29) is 11.8 Å². The maximum atomic E-state index is 13.1. The van der Waals surface area contributed by atoms with Crippen molar-refractivity contribution in [3.05, 3.63) is 27.8 Å². The summed E-state index contributed by atoms with van der Waals surface area (Å²) >= 11 is 2.23. The van der Waals surface area contributed by atoms with Crippen LogP contribution in [0.2, 0.25) is 0 Å². The van der Waals surface area contributed by atoms with Gasteiger partial charge >= 0.3 is 0 Å². The first-order valence-corrected chi connectivity index (χ1v) is 8.56. The number of piperazine rings is 1. The fourth-order valence-electron chi connectivity index (χ4n) is 3.47. The average molecular weight is 398 g/mol. The molecule has 1 aromatic rings. The van der Waals surface area contributed by atoms with Gasteiger partial charge in [-0.15, -0.1) is 0 Å². The Morgan fingerprint density at radius 2 is 2.05 bits per heavy atom. The van der Waals surface area contributed by atoms with Crippen LogP contribution in [-0.4, -0.2) is 23.4 Å². The second kappa shape index (κ2) is 5.59. The topological polar surface area (TPSA) is 49.4 Å². The summed E-state index contributed by atoms with van der Waals surface area (Å²) < 4.78 is 1.07. The summed E-state index contributed by atoms with van der Waals surface area (Å²) in [4.78, 5) is 27.3. The van der Waals surface area contributed by atoms with E-state index in [2.05, 4.69) is 27.9 Å². The average Bonchev–Trinajstić information content (AvgIpc) is 2.92. The van der Waals surface area contributed by atoms with Crippen LogP contribution in [-0.2, 0) is 9.59 Å². The Bertz CT molecular complexity index is 581. The zero-order valence-electron chi connectivity index (χ0n) is 12.1. The van der Waals surface area contributed by atoms with Crippen LogP contribution in [0.3, 0.4) is 0 Å². The molecule has 21 heavy (non-hydrogen) atoms. The molecule has 1 saturated heterocycles. The van der Waals surface area contributed by atoms with Gasteiger partial charge in [-0.05, 0) is 60.1 Å². The van der Waals surface area contributed by atoms with Gasteiger partial charge in [-0.1, -0.05) is 25.8 Å². The fourth-order valence-corrected chi connectivity index (χ4v) is 4.00. The first-order valence-electron chi connectivity index (χ1n) is 7.49. The Kier molecular flexibility index (Phi) is 3.94. The van der Waals surface area contributed by atoms with Gasteiger partial charge in [0.05, 0.1) is 0 Å². The number of carbonyl (C=O) groups is 2. The molecule has 1 aliphatic heterocycles. The summed E-state index contributed by atoms with van der Waals surface area (Å²) in [7, 11) is 0. The van der Waals surface area contributed by atoms with E-state index in [4.69, 9.17) is 0 Å².